The minimum atomic E-state index is 0.435. The minimum Gasteiger partial charge on any atom is -0.497 e. The molecule has 0 fully saturated rings. The molecular formula is C32H35N5O3S. The predicted molar refractivity (Wildman–Crippen MR) is 164 cm³/mol. The van der Waals surface area contributed by atoms with Gasteiger partial charge in [-0.1, -0.05) is 30.3 Å². The first kappa shape index (κ1) is 28.2. The third-order valence-electron chi connectivity index (χ3n) is 6.51. The molecule has 0 amide bonds. The van der Waals surface area contributed by atoms with Crippen molar-refractivity contribution in [1.82, 2.24) is 14.5 Å². The first-order chi connectivity index (χ1) is 20.1. The molecule has 0 spiro atoms. The van der Waals surface area contributed by atoms with Crippen molar-refractivity contribution >= 4 is 22.2 Å². The molecule has 2 heterocycles. The predicted octanol–water partition coefficient (Wildman–Crippen LogP) is 6.21. The fraction of sp³-hybridized carbons (Fsp3) is 0.250. The van der Waals surface area contributed by atoms with Crippen LogP contribution >= 0.6 is 11.3 Å². The van der Waals surface area contributed by atoms with Crippen molar-refractivity contribution in [2.75, 3.05) is 44.2 Å². The van der Waals surface area contributed by atoms with E-state index in [0.717, 1.165) is 45.8 Å². The number of ether oxygens (including phenoxy) is 3. The van der Waals surface area contributed by atoms with Gasteiger partial charge in [-0.25, -0.2) is 9.97 Å². The molecule has 9 heteroatoms. The van der Waals surface area contributed by atoms with E-state index in [1.54, 1.807) is 31.0 Å². The second-order valence-electron chi connectivity index (χ2n) is 9.76. The first-order valence-corrected chi connectivity index (χ1v) is 14.3. The molecule has 0 N–H and O–H groups in total. The molecule has 0 radical (unpaired) electrons. The highest BCUT2D eigenvalue weighted by Crippen LogP contribution is 2.26. The fourth-order valence-electron chi connectivity index (χ4n) is 4.34. The maximum atomic E-state index is 5.89. The van der Waals surface area contributed by atoms with Crippen LogP contribution in [-0.4, -0.2) is 49.0 Å². The monoisotopic (exact) mass is 569 g/mol. The van der Waals surface area contributed by atoms with E-state index in [0.29, 0.717) is 26.4 Å². The second-order valence-corrected chi connectivity index (χ2v) is 10.6. The van der Waals surface area contributed by atoms with Crippen LogP contribution in [0.4, 0.5) is 10.8 Å². The summed E-state index contributed by atoms with van der Waals surface area (Å²) < 4.78 is 19.2. The molecule has 0 saturated carbocycles. The third-order valence-corrected chi connectivity index (χ3v) is 7.46. The molecule has 0 atom stereocenters. The molecule has 5 aromatic rings. The summed E-state index contributed by atoms with van der Waals surface area (Å²) >= 11 is 1.63. The van der Waals surface area contributed by atoms with Crippen LogP contribution in [-0.2, 0) is 24.4 Å². The summed E-state index contributed by atoms with van der Waals surface area (Å²) in [5.41, 5.74) is 5.44. The molecule has 0 aliphatic heterocycles. The Hall–Kier alpha value is -4.34. The molecular weight excluding hydrogens is 534 g/mol. The Morgan fingerprint density at radius 1 is 0.878 bits per heavy atom. The molecule has 2 aromatic heterocycles. The Bertz CT molecular complexity index is 1500. The number of hydrogen-bond acceptors (Lipinski definition) is 8. The van der Waals surface area contributed by atoms with Crippen molar-refractivity contribution < 1.29 is 14.2 Å². The van der Waals surface area contributed by atoms with Gasteiger partial charge in [-0.15, -0.1) is 11.3 Å². The zero-order valence-corrected chi connectivity index (χ0v) is 24.5. The zero-order chi connectivity index (χ0) is 28.4. The van der Waals surface area contributed by atoms with Crippen molar-refractivity contribution in [1.29, 1.82) is 0 Å². The lowest BCUT2D eigenvalue weighted by molar-refractivity contribution is 0.0873. The number of thiazole rings is 1. The van der Waals surface area contributed by atoms with E-state index in [1.165, 1.54) is 5.56 Å². The highest BCUT2D eigenvalue weighted by Gasteiger charge is 2.14. The number of anilines is 2. The van der Waals surface area contributed by atoms with Gasteiger partial charge in [-0.2, -0.15) is 0 Å². The quantitative estimate of drug-likeness (QED) is 0.147. The highest BCUT2D eigenvalue weighted by molar-refractivity contribution is 7.13. The normalized spacial score (nSPS) is 10.9. The number of rotatable bonds is 14. The maximum Gasteiger partial charge on any atom is 0.186 e. The molecule has 0 aliphatic rings. The average molecular weight is 570 g/mol. The highest BCUT2D eigenvalue weighted by atomic mass is 32.1. The van der Waals surface area contributed by atoms with Crippen molar-refractivity contribution in [2.45, 2.75) is 19.7 Å². The third kappa shape index (κ3) is 7.87. The number of benzene rings is 3. The van der Waals surface area contributed by atoms with Crippen LogP contribution in [0.2, 0.25) is 0 Å². The molecule has 3 aromatic carbocycles. The van der Waals surface area contributed by atoms with E-state index in [4.69, 9.17) is 19.2 Å². The van der Waals surface area contributed by atoms with Gasteiger partial charge >= 0.3 is 0 Å². The smallest absolute Gasteiger partial charge is 0.186 e. The Labute approximate surface area is 245 Å². The van der Waals surface area contributed by atoms with E-state index >= 15 is 0 Å². The van der Waals surface area contributed by atoms with Crippen LogP contribution in [0.3, 0.4) is 0 Å². The molecule has 0 saturated heterocycles. The van der Waals surface area contributed by atoms with E-state index in [1.807, 2.05) is 55.2 Å². The molecule has 212 valence electrons. The molecule has 0 bridgehead atoms. The van der Waals surface area contributed by atoms with Gasteiger partial charge < -0.3 is 28.6 Å². The number of nitrogens with zero attached hydrogens (tertiary/aromatic N) is 5. The Balaban J connectivity index is 1.21. The standard InChI is InChI=1S/C32H35N5O3S/c1-35(2)29-7-5-9-31(19-29)40-17-16-39-22-27-23-41-32(34-27)37(21-26-6-4-8-30(18-26)38-3)20-25-10-12-28(13-11-25)36-15-14-33-24-36/h4-15,18-19,23-24H,16-17,20-22H2,1-3H3. The summed E-state index contributed by atoms with van der Waals surface area (Å²) in [6.07, 6.45) is 5.53. The van der Waals surface area contributed by atoms with E-state index < -0.39 is 0 Å². The summed E-state index contributed by atoms with van der Waals surface area (Å²) in [6, 6.07) is 24.7. The van der Waals surface area contributed by atoms with E-state index in [2.05, 4.69) is 62.6 Å². The van der Waals surface area contributed by atoms with Gasteiger partial charge in [-0.05, 0) is 47.5 Å². The Kier molecular flexibility index (Phi) is 9.51. The Morgan fingerprint density at radius 3 is 2.46 bits per heavy atom. The summed E-state index contributed by atoms with van der Waals surface area (Å²) in [5, 5.41) is 3.01. The maximum absolute atomic E-state index is 5.89. The lowest BCUT2D eigenvalue weighted by Gasteiger charge is -2.22. The number of aromatic nitrogens is 3. The summed E-state index contributed by atoms with van der Waals surface area (Å²) in [4.78, 5) is 13.4. The van der Waals surface area contributed by atoms with Crippen molar-refractivity contribution in [3.63, 3.8) is 0 Å². The largest absolute Gasteiger partial charge is 0.497 e. The first-order valence-electron chi connectivity index (χ1n) is 13.4. The molecule has 0 unspecified atom stereocenters. The van der Waals surface area contributed by atoms with Crippen LogP contribution in [0.1, 0.15) is 16.8 Å². The van der Waals surface area contributed by atoms with E-state index in [9.17, 15) is 0 Å². The number of imidazole rings is 1. The average Bonchev–Trinajstić information content (AvgIpc) is 3.71. The zero-order valence-electron chi connectivity index (χ0n) is 23.6. The van der Waals surface area contributed by atoms with Gasteiger partial charge in [0.25, 0.3) is 0 Å². The second kappa shape index (κ2) is 13.8. The molecule has 5 rings (SSSR count). The van der Waals surface area contributed by atoms with Gasteiger partial charge in [0.1, 0.15) is 18.1 Å². The topological polar surface area (TPSA) is 64.9 Å². The van der Waals surface area contributed by atoms with Crippen molar-refractivity contribution in [2.24, 2.45) is 0 Å². The lowest BCUT2D eigenvalue weighted by atomic mass is 10.1. The summed E-state index contributed by atoms with van der Waals surface area (Å²) in [6.45, 7) is 2.81. The molecule has 8 nitrogen and oxygen atoms in total. The van der Waals surface area contributed by atoms with Gasteiger partial charge in [-0.3, -0.25) is 0 Å². The summed E-state index contributed by atoms with van der Waals surface area (Å²) in [7, 11) is 5.72. The van der Waals surface area contributed by atoms with Crippen LogP contribution in [0.5, 0.6) is 11.5 Å². The van der Waals surface area contributed by atoms with E-state index in [-0.39, 0.29) is 0 Å². The fourth-order valence-corrected chi connectivity index (χ4v) is 5.15. The number of hydrogen-bond donors (Lipinski definition) is 0. The van der Waals surface area contributed by atoms with Crippen LogP contribution in [0.15, 0.2) is 96.9 Å². The SMILES string of the molecule is COc1cccc(CN(Cc2ccc(-n3ccnc3)cc2)c2nc(COCCOc3cccc(N(C)C)c3)cs2)c1. The van der Waals surface area contributed by atoms with Gasteiger partial charge in [0.15, 0.2) is 5.13 Å². The van der Waals surface area contributed by atoms with Crippen molar-refractivity contribution in [3.05, 3.63) is 114 Å². The van der Waals surface area contributed by atoms with Crippen LogP contribution in [0.25, 0.3) is 5.69 Å². The lowest BCUT2D eigenvalue weighted by Crippen LogP contribution is -2.22. The van der Waals surface area contributed by atoms with Gasteiger partial charge in [0.2, 0.25) is 0 Å². The molecule has 41 heavy (non-hydrogen) atoms. The number of methoxy groups -OCH3 is 1. The van der Waals surface area contributed by atoms with Crippen LogP contribution in [0, 0.1) is 0 Å². The van der Waals surface area contributed by atoms with Gasteiger partial charge in [0, 0.05) is 62.4 Å². The van der Waals surface area contributed by atoms with Gasteiger partial charge in [0.05, 0.1) is 32.3 Å². The van der Waals surface area contributed by atoms with Crippen molar-refractivity contribution in [3.8, 4) is 17.2 Å². The Morgan fingerprint density at radius 2 is 1.68 bits per heavy atom. The van der Waals surface area contributed by atoms with Crippen LogP contribution < -0.4 is 19.3 Å². The minimum absolute atomic E-state index is 0.435. The summed E-state index contributed by atoms with van der Waals surface area (Å²) in [5.74, 6) is 1.68. The molecule has 0 aliphatic carbocycles.